The molecular formula is C15H17BrFNO3. The summed E-state index contributed by atoms with van der Waals surface area (Å²) in [6.45, 7) is 0. The third-order valence-electron chi connectivity index (χ3n) is 3.84. The number of carbonyl (C=O) groups excluding carboxylic acids is 1. The van der Waals surface area contributed by atoms with Crippen molar-refractivity contribution in [3.05, 3.63) is 34.1 Å². The zero-order valence-electron chi connectivity index (χ0n) is 11.5. The molecule has 1 saturated carbocycles. The van der Waals surface area contributed by atoms with E-state index in [1.165, 1.54) is 12.1 Å². The monoisotopic (exact) mass is 357 g/mol. The predicted octanol–water partition coefficient (Wildman–Crippen LogP) is 3.50. The molecule has 2 rings (SSSR count). The molecule has 0 aromatic heterocycles. The SMILES string of the molecule is O=C(NC1(C(=O)O)CCCCCC1)c1cc(F)cc(Br)c1. The lowest BCUT2D eigenvalue weighted by Gasteiger charge is -2.29. The van der Waals surface area contributed by atoms with Gasteiger partial charge in [-0.05, 0) is 31.0 Å². The molecule has 114 valence electrons. The van der Waals surface area contributed by atoms with Crippen LogP contribution in [0.4, 0.5) is 4.39 Å². The quantitative estimate of drug-likeness (QED) is 0.813. The second-order valence-electron chi connectivity index (χ2n) is 5.41. The van der Waals surface area contributed by atoms with Crippen LogP contribution in [0.2, 0.25) is 0 Å². The molecular weight excluding hydrogens is 341 g/mol. The first-order valence-corrected chi connectivity index (χ1v) is 7.74. The summed E-state index contributed by atoms with van der Waals surface area (Å²) in [6, 6.07) is 3.83. The second kappa shape index (κ2) is 6.56. The van der Waals surface area contributed by atoms with E-state index in [4.69, 9.17) is 0 Å². The number of aliphatic carboxylic acids is 1. The van der Waals surface area contributed by atoms with Crippen LogP contribution in [0.3, 0.4) is 0 Å². The molecule has 1 amide bonds. The summed E-state index contributed by atoms with van der Waals surface area (Å²) in [5.74, 6) is -2.12. The average molecular weight is 358 g/mol. The van der Waals surface area contributed by atoms with Gasteiger partial charge in [0.05, 0.1) is 0 Å². The Kier molecular flexibility index (Phi) is 4.98. The lowest BCUT2D eigenvalue weighted by molar-refractivity contribution is -0.145. The van der Waals surface area contributed by atoms with Crippen molar-refractivity contribution < 1.29 is 19.1 Å². The molecule has 0 bridgehead atoms. The van der Waals surface area contributed by atoms with Crippen molar-refractivity contribution in [3.8, 4) is 0 Å². The Morgan fingerprint density at radius 3 is 2.29 bits per heavy atom. The first-order chi connectivity index (χ1) is 9.93. The van der Waals surface area contributed by atoms with Crippen LogP contribution in [0.5, 0.6) is 0 Å². The Hall–Kier alpha value is -1.43. The van der Waals surface area contributed by atoms with Crippen LogP contribution in [0.1, 0.15) is 48.9 Å². The lowest BCUT2D eigenvalue weighted by atomic mass is 9.90. The third kappa shape index (κ3) is 3.81. The molecule has 0 atom stereocenters. The molecule has 1 aliphatic carbocycles. The maximum Gasteiger partial charge on any atom is 0.329 e. The summed E-state index contributed by atoms with van der Waals surface area (Å²) in [4.78, 5) is 23.9. The van der Waals surface area contributed by atoms with Gasteiger partial charge in [0.25, 0.3) is 5.91 Å². The van der Waals surface area contributed by atoms with Gasteiger partial charge in [-0.15, -0.1) is 0 Å². The van der Waals surface area contributed by atoms with Gasteiger partial charge in [0.15, 0.2) is 0 Å². The molecule has 1 aromatic rings. The second-order valence-corrected chi connectivity index (χ2v) is 6.33. The fourth-order valence-corrected chi connectivity index (χ4v) is 3.16. The molecule has 2 N–H and O–H groups in total. The third-order valence-corrected chi connectivity index (χ3v) is 4.30. The minimum Gasteiger partial charge on any atom is -0.480 e. The Labute approximate surface area is 130 Å². The molecule has 6 heteroatoms. The number of carboxylic acids is 1. The molecule has 0 spiro atoms. The lowest BCUT2D eigenvalue weighted by Crippen LogP contribution is -2.54. The predicted molar refractivity (Wildman–Crippen MR) is 79.6 cm³/mol. The van der Waals surface area contributed by atoms with E-state index >= 15 is 0 Å². The Balaban J connectivity index is 2.23. The zero-order valence-corrected chi connectivity index (χ0v) is 13.1. The van der Waals surface area contributed by atoms with Gasteiger partial charge in [0.1, 0.15) is 11.4 Å². The topological polar surface area (TPSA) is 66.4 Å². The minimum atomic E-state index is -1.24. The van der Waals surface area contributed by atoms with Crippen LogP contribution in [-0.2, 0) is 4.79 Å². The maximum atomic E-state index is 13.4. The Morgan fingerprint density at radius 2 is 1.76 bits per heavy atom. The summed E-state index contributed by atoms with van der Waals surface area (Å²) in [5, 5.41) is 12.1. The number of rotatable bonds is 3. The van der Waals surface area contributed by atoms with Crippen molar-refractivity contribution in [2.24, 2.45) is 0 Å². The van der Waals surface area contributed by atoms with Gasteiger partial charge in [0, 0.05) is 10.0 Å². The van der Waals surface area contributed by atoms with Crippen LogP contribution >= 0.6 is 15.9 Å². The van der Waals surface area contributed by atoms with Crippen molar-refractivity contribution in [3.63, 3.8) is 0 Å². The van der Waals surface area contributed by atoms with E-state index in [1.807, 2.05) is 0 Å². The standard InChI is InChI=1S/C15H17BrFNO3/c16-11-7-10(8-12(17)9-11)13(19)18-15(14(20)21)5-3-1-2-4-6-15/h7-9H,1-6H2,(H,18,19)(H,20,21). The first-order valence-electron chi connectivity index (χ1n) is 6.95. The van der Waals surface area contributed by atoms with Crippen molar-refractivity contribution in [2.75, 3.05) is 0 Å². The zero-order chi connectivity index (χ0) is 15.5. The number of hydrogen-bond donors (Lipinski definition) is 2. The number of halogens is 2. The van der Waals surface area contributed by atoms with E-state index in [0.717, 1.165) is 31.7 Å². The number of carbonyl (C=O) groups is 2. The van der Waals surface area contributed by atoms with Crippen LogP contribution in [0.25, 0.3) is 0 Å². The van der Waals surface area contributed by atoms with Gasteiger partial charge in [-0.25, -0.2) is 9.18 Å². The van der Waals surface area contributed by atoms with E-state index in [2.05, 4.69) is 21.2 Å². The van der Waals surface area contributed by atoms with Crippen LogP contribution in [-0.4, -0.2) is 22.5 Å². The van der Waals surface area contributed by atoms with Gasteiger partial charge < -0.3 is 10.4 Å². The fraction of sp³-hybridized carbons (Fsp3) is 0.467. The molecule has 21 heavy (non-hydrogen) atoms. The van der Waals surface area contributed by atoms with Crippen molar-refractivity contribution in [1.82, 2.24) is 5.32 Å². The molecule has 0 aliphatic heterocycles. The largest absolute Gasteiger partial charge is 0.480 e. The Bertz CT molecular complexity index is 534. The van der Waals surface area contributed by atoms with Gasteiger partial charge in [-0.2, -0.15) is 0 Å². The van der Waals surface area contributed by atoms with Crippen molar-refractivity contribution in [2.45, 2.75) is 44.1 Å². The normalized spacial score (nSPS) is 17.8. The van der Waals surface area contributed by atoms with Crippen LogP contribution < -0.4 is 5.32 Å². The fourth-order valence-electron chi connectivity index (χ4n) is 2.70. The number of carboxylic acid groups (broad SMARTS) is 1. The molecule has 0 radical (unpaired) electrons. The number of nitrogens with one attached hydrogen (secondary N) is 1. The minimum absolute atomic E-state index is 0.117. The molecule has 0 heterocycles. The van der Waals surface area contributed by atoms with E-state index in [0.29, 0.717) is 17.3 Å². The maximum absolute atomic E-state index is 13.4. The van der Waals surface area contributed by atoms with Crippen molar-refractivity contribution >= 4 is 27.8 Å². The molecule has 1 aliphatic rings. The Morgan fingerprint density at radius 1 is 1.14 bits per heavy atom. The molecule has 1 aromatic carbocycles. The summed E-state index contributed by atoms with van der Waals surface area (Å²) >= 11 is 3.13. The summed E-state index contributed by atoms with van der Waals surface area (Å²) < 4.78 is 13.8. The number of benzene rings is 1. The highest BCUT2D eigenvalue weighted by Crippen LogP contribution is 2.28. The van der Waals surface area contributed by atoms with E-state index in [9.17, 15) is 19.1 Å². The van der Waals surface area contributed by atoms with E-state index in [-0.39, 0.29) is 5.56 Å². The van der Waals surface area contributed by atoms with Crippen LogP contribution in [0.15, 0.2) is 22.7 Å². The van der Waals surface area contributed by atoms with Gasteiger partial charge >= 0.3 is 5.97 Å². The first kappa shape index (κ1) is 15.9. The van der Waals surface area contributed by atoms with E-state index < -0.39 is 23.2 Å². The summed E-state index contributed by atoms with van der Waals surface area (Å²) in [7, 11) is 0. The van der Waals surface area contributed by atoms with E-state index in [1.54, 1.807) is 0 Å². The molecule has 0 saturated heterocycles. The molecule has 4 nitrogen and oxygen atoms in total. The smallest absolute Gasteiger partial charge is 0.329 e. The highest BCUT2D eigenvalue weighted by Gasteiger charge is 2.40. The highest BCUT2D eigenvalue weighted by molar-refractivity contribution is 9.10. The van der Waals surface area contributed by atoms with Crippen molar-refractivity contribution in [1.29, 1.82) is 0 Å². The number of hydrogen-bond acceptors (Lipinski definition) is 2. The van der Waals surface area contributed by atoms with Crippen LogP contribution in [0, 0.1) is 5.82 Å². The van der Waals surface area contributed by atoms with Gasteiger partial charge in [-0.3, -0.25) is 4.79 Å². The van der Waals surface area contributed by atoms with Gasteiger partial charge in [0.2, 0.25) is 0 Å². The van der Waals surface area contributed by atoms with Gasteiger partial charge in [-0.1, -0.05) is 41.6 Å². The summed E-state index contributed by atoms with van der Waals surface area (Å²) in [5.41, 5.74) is -1.13. The molecule has 1 fully saturated rings. The average Bonchev–Trinajstić information content (AvgIpc) is 2.64. The summed E-state index contributed by atoms with van der Waals surface area (Å²) in [6.07, 6.45) is 4.28. The number of amides is 1. The highest BCUT2D eigenvalue weighted by atomic mass is 79.9. The molecule has 0 unspecified atom stereocenters.